The summed E-state index contributed by atoms with van der Waals surface area (Å²) < 4.78 is 0.835. The van der Waals surface area contributed by atoms with E-state index in [-0.39, 0.29) is 10.9 Å². The fourth-order valence-electron chi connectivity index (χ4n) is 1.93. The Morgan fingerprint density at radius 3 is 2.57 bits per heavy atom. The molecule has 0 aliphatic carbocycles. The van der Waals surface area contributed by atoms with Crippen LogP contribution < -0.4 is 10.6 Å². The number of hydrogen-bond acceptors (Lipinski definition) is 2. The Balaban J connectivity index is 2.45. The van der Waals surface area contributed by atoms with Gasteiger partial charge in [0.15, 0.2) is 0 Å². The largest absolute Gasteiger partial charge is 0.389 e. The number of benzene rings is 2. The Bertz CT molecular complexity index is 721. The van der Waals surface area contributed by atoms with Crippen LogP contribution in [-0.2, 0) is 0 Å². The van der Waals surface area contributed by atoms with Crippen molar-refractivity contribution < 1.29 is 4.79 Å². The van der Waals surface area contributed by atoms with Crippen LogP contribution in [0.1, 0.15) is 15.9 Å². The van der Waals surface area contributed by atoms with E-state index in [0.29, 0.717) is 21.8 Å². The van der Waals surface area contributed by atoms with Gasteiger partial charge >= 0.3 is 0 Å². The summed E-state index contributed by atoms with van der Waals surface area (Å²) in [5.74, 6) is -0.161. The lowest BCUT2D eigenvalue weighted by Gasteiger charge is -2.21. The van der Waals surface area contributed by atoms with E-state index < -0.39 is 0 Å². The molecule has 0 radical (unpaired) electrons. The zero-order valence-electron chi connectivity index (χ0n) is 11.1. The molecule has 0 spiro atoms. The van der Waals surface area contributed by atoms with Crippen LogP contribution in [0.5, 0.6) is 0 Å². The van der Waals surface area contributed by atoms with E-state index in [1.807, 2.05) is 24.3 Å². The Morgan fingerprint density at radius 2 is 1.90 bits per heavy atom. The van der Waals surface area contributed by atoms with Gasteiger partial charge in [0.1, 0.15) is 4.99 Å². The van der Waals surface area contributed by atoms with Crippen LogP contribution in [0.15, 0.2) is 42.5 Å². The monoisotopic (exact) mass is 430 g/mol. The molecule has 3 nitrogen and oxygen atoms in total. The van der Waals surface area contributed by atoms with Crippen LogP contribution in [0, 0.1) is 3.57 Å². The van der Waals surface area contributed by atoms with E-state index in [0.717, 1.165) is 3.57 Å². The van der Waals surface area contributed by atoms with Gasteiger partial charge < -0.3 is 10.6 Å². The van der Waals surface area contributed by atoms with Gasteiger partial charge in [0.05, 0.1) is 11.3 Å². The third-order valence-electron chi connectivity index (χ3n) is 2.99. The van der Waals surface area contributed by atoms with Crippen LogP contribution >= 0.6 is 46.4 Å². The number of anilines is 1. The fourth-order valence-corrected chi connectivity index (χ4v) is 2.84. The average Bonchev–Trinajstić information content (AvgIpc) is 2.48. The molecule has 1 amide bonds. The normalized spacial score (nSPS) is 10.2. The third kappa shape index (κ3) is 3.53. The van der Waals surface area contributed by atoms with Crippen molar-refractivity contribution in [2.45, 2.75) is 0 Å². The quantitative estimate of drug-likeness (QED) is 0.594. The SMILES string of the molecule is CN(C(=O)c1cc(Cl)ccc1I)c1ccccc1C(N)=S. The maximum absolute atomic E-state index is 12.7. The highest BCUT2D eigenvalue weighted by atomic mass is 127. The van der Waals surface area contributed by atoms with Crippen LogP contribution in [0.3, 0.4) is 0 Å². The minimum absolute atomic E-state index is 0.161. The lowest BCUT2D eigenvalue weighted by Crippen LogP contribution is -2.29. The second-order valence-electron chi connectivity index (χ2n) is 4.37. The van der Waals surface area contributed by atoms with Crippen molar-refractivity contribution in [1.82, 2.24) is 0 Å². The summed E-state index contributed by atoms with van der Waals surface area (Å²) in [6, 6.07) is 12.5. The molecule has 0 aliphatic heterocycles. The fraction of sp³-hybridized carbons (Fsp3) is 0.0667. The molecular formula is C15H12ClIN2OS. The van der Waals surface area contributed by atoms with Crippen LogP contribution in [0.2, 0.25) is 5.02 Å². The Hall–Kier alpha value is -1.18. The number of amides is 1. The molecule has 0 aliphatic rings. The number of hydrogen-bond donors (Lipinski definition) is 1. The van der Waals surface area contributed by atoms with E-state index in [1.54, 1.807) is 25.2 Å². The highest BCUT2D eigenvalue weighted by molar-refractivity contribution is 14.1. The van der Waals surface area contributed by atoms with E-state index >= 15 is 0 Å². The van der Waals surface area contributed by atoms with E-state index in [1.165, 1.54) is 4.90 Å². The highest BCUT2D eigenvalue weighted by Crippen LogP contribution is 2.24. The number of carbonyl (C=O) groups excluding carboxylic acids is 1. The van der Waals surface area contributed by atoms with Crippen molar-refractivity contribution in [2.75, 3.05) is 11.9 Å². The predicted molar refractivity (Wildman–Crippen MR) is 99.2 cm³/mol. The maximum Gasteiger partial charge on any atom is 0.259 e. The minimum atomic E-state index is -0.161. The molecule has 21 heavy (non-hydrogen) atoms. The smallest absolute Gasteiger partial charge is 0.259 e. The Morgan fingerprint density at radius 1 is 1.24 bits per heavy atom. The number of nitrogens with two attached hydrogens (primary N) is 1. The van der Waals surface area contributed by atoms with Crippen molar-refractivity contribution in [3.63, 3.8) is 0 Å². The molecule has 0 heterocycles. The molecule has 6 heteroatoms. The van der Waals surface area contributed by atoms with Crippen molar-refractivity contribution >= 4 is 63.0 Å². The minimum Gasteiger partial charge on any atom is -0.389 e. The molecular weight excluding hydrogens is 419 g/mol. The second kappa shape index (κ2) is 6.72. The lowest BCUT2D eigenvalue weighted by atomic mass is 10.1. The lowest BCUT2D eigenvalue weighted by molar-refractivity contribution is 0.0992. The Kier molecular flexibility index (Phi) is 5.18. The molecule has 0 aromatic heterocycles. The van der Waals surface area contributed by atoms with Gasteiger partial charge in [0, 0.05) is 21.2 Å². The standard InChI is InChI=1S/C15H12ClIN2OS/c1-19(13-5-3-2-4-10(13)14(18)21)15(20)11-8-9(16)6-7-12(11)17/h2-8H,1H3,(H2,18,21). The van der Waals surface area contributed by atoms with Gasteiger partial charge in [-0.25, -0.2) is 0 Å². The first-order valence-electron chi connectivity index (χ1n) is 6.03. The summed E-state index contributed by atoms with van der Waals surface area (Å²) in [6.07, 6.45) is 0. The number of carbonyl (C=O) groups is 1. The van der Waals surface area contributed by atoms with Crippen molar-refractivity contribution in [3.05, 3.63) is 62.2 Å². The molecule has 0 fully saturated rings. The van der Waals surface area contributed by atoms with Gasteiger partial charge in [-0.05, 0) is 52.9 Å². The molecule has 2 aromatic rings. The first-order valence-corrected chi connectivity index (χ1v) is 7.90. The summed E-state index contributed by atoms with van der Waals surface area (Å²) in [4.78, 5) is 14.5. The zero-order valence-corrected chi connectivity index (χ0v) is 14.9. The maximum atomic E-state index is 12.7. The van der Waals surface area contributed by atoms with E-state index in [9.17, 15) is 4.79 Å². The van der Waals surface area contributed by atoms with Crippen LogP contribution in [0.25, 0.3) is 0 Å². The summed E-state index contributed by atoms with van der Waals surface area (Å²) >= 11 is 13.1. The molecule has 2 rings (SSSR count). The first kappa shape index (κ1) is 16.2. The Labute approximate surface area is 147 Å². The van der Waals surface area contributed by atoms with Gasteiger partial charge in [-0.3, -0.25) is 4.79 Å². The van der Waals surface area contributed by atoms with Crippen molar-refractivity contribution in [1.29, 1.82) is 0 Å². The van der Waals surface area contributed by atoms with Gasteiger partial charge in [0.25, 0.3) is 5.91 Å². The number of rotatable bonds is 3. The predicted octanol–water partition coefficient (Wildman–Crippen LogP) is 3.86. The highest BCUT2D eigenvalue weighted by Gasteiger charge is 2.19. The topological polar surface area (TPSA) is 46.3 Å². The van der Waals surface area contributed by atoms with E-state index in [2.05, 4.69) is 22.6 Å². The van der Waals surface area contributed by atoms with Crippen LogP contribution in [0.4, 0.5) is 5.69 Å². The van der Waals surface area contributed by atoms with E-state index in [4.69, 9.17) is 29.6 Å². The second-order valence-corrected chi connectivity index (χ2v) is 6.41. The number of para-hydroxylation sites is 1. The summed E-state index contributed by atoms with van der Waals surface area (Å²) in [5.41, 5.74) is 7.60. The zero-order chi connectivity index (χ0) is 15.6. The first-order chi connectivity index (χ1) is 9.91. The molecule has 2 N–H and O–H groups in total. The molecule has 0 saturated heterocycles. The molecule has 2 aromatic carbocycles. The summed E-state index contributed by atoms with van der Waals surface area (Å²) in [6.45, 7) is 0. The average molecular weight is 431 g/mol. The molecule has 0 atom stereocenters. The molecule has 0 unspecified atom stereocenters. The summed E-state index contributed by atoms with van der Waals surface area (Å²) in [7, 11) is 1.69. The molecule has 0 saturated carbocycles. The molecule has 108 valence electrons. The number of thiocarbonyl (C=S) groups is 1. The molecule has 0 bridgehead atoms. The van der Waals surface area contributed by atoms with Crippen LogP contribution in [-0.4, -0.2) is 17.9 Å². The van der Waals surface area contributed by atoms with Gasteiger partial charge in [-0.1, -0.05) is 36.0 Å². The number of halogens is 2. The number of nitrogens with zero attached hydrogens (tertiary/aromatic N) is 1. The van der Waals surface area contributed by atoms with Gasteiger partial charge in [-0.2, -0.15) is 0 Å². The van der Waals surface area contributed by atoms with Crippen molar-refractivity contribution in [3.8, 4) is 0 Å². The van der Waals surface area contributed by atoms with Crippen molar-refractivity contribution in [2.24, 2.45) is 5.73 Å². The summed E-state index contributed by atoms with van der Waals surface area (Å²) in [5, 5.41) is 0.523. The van der Waals surface area contributed by atoms with Gasteiger partial charge in [0.2, 0.25) is 0 Å². The van der Waals surface area contributed by atoms with Gasteiger partial charge in [-0.15, -0.1) is 0 Å². The third-order valence-corrected chi connectivity index (χ3v) is 4.39.